The Morgan fingerprint density at radius 1 is 1.40 bits per heavy atom. The van der Waals surface area contributed by atoms with Crippen LogP contribution in [0.4, 0.5) is 0 Å². The van der Waals surface area contributed by atoms with E-state index < -0.39 is 0 Å². The maximum Gasteiger partial charge on any atom is 0.330 e. The summed E-state index contributed by atoms with van der Waals surface area (Å²) in [6.07, 6.45) is 6.54. The van der Waals surface area contributed by atoms with Crippen molar-refractivity contribution in [3.63, 3.8) is 0 Å². The second-order valence-electron chi connectivity index (χ2n) is 5.47. The Morgan fingerprint density at radius 3 is 2.60 bits per heavy atom. The molecule has 0 saturated heterocycles. The first-order valence-corrected chi connectivity index (χ1v) is 5.76. The first-order valence-electron chi connectivity index (χ1n) is 5.76. The van der Waals surface area contributed by atoms with Gasteiger partial charge in [-0.15, -0.1) is 0 Å². The van der Waals surface area contributed by atoms with Gasteiger partial charge in [-0.25, -0.2) is 4.79 Å². The molecule has 15 heavy (non-hydrogen) atoms. The number of esters is 1. The van der Waals surface area contributed by atoms with Crippen LogP contribution >= 0.6 is 0 Å². The van der Waals surface area contributed by atoms with Gasteiger partial charge < -0.3 is 4.74 Å². The van der Waals surface area contributed by atoms with E-state index in [9.17, 15) is 4.79 Å². The van der Waals surface area contributed by atoms with Gasteiger partial charge in [-0.1, -0.05) is 26.8 Å². The topological polar surface area (TPSA) is 26.3 Å². The number of carbonyl (C=O) groups excluding carboxylic acids is 1. The zero-order valence-electron chi connectivity index (χ0n) is 10.2. The molecule has 0 aromatic carbocycles. The highest BCUT2D eigenvalue weighted by Crippen LogP contribution is 2.39. The predicted octanol–water partition coefficient (Wildman–Crippen LogP) is 3.32. The van der Waals surface area contributed by atoms with Crippen LogP contribution < -0.4 is 0 Å². The van der Waals surface area contributed by atoms with Crippen LogP contribution in [0.1, 0.15) is 47.0 Å². The Hall–Kier alpha value is -0.790. The van der Waals surface area contributed by atoms with Crippen molar-refractivity contribution in [3.05, 3.63) is 12.2 Å². The monoisotopic (exact) mass is 210 g/mol. The molecule has 1 saturated carbocycles. The summed E-state index contributed by atoms with van der Waals surface area (Å²) in [6, 6.07) is 0. The Morgan fingerprint density at radius 2 is 2.07 bits per heavy atom. The fourth-order valence-corrected chi connectivity index (χ4v) is 2.69. The highest BCUT2D eigenvalue weighted by molar-refractivity contribution is 5.81. The van der Waals surface area contributed by atoms with Crippen LogP contribution in [0.15, 0.2) is 12.2 Å². The maximum absolute atomic E-state index is 11.3. The minimum absolute atomic E-state index is 0.104. The molecule has 86 valence electrons. The van der Waals surface area contributed by atoms with Gasteiger partial charge in [-0.05, 0) is 37.5 Å². The van der Waals surface area contributed by atoms with E-state index in [1.54, 1.807) is 6.08 Å². The normalized spacial score (nSPS) is 30.4. The smallest absolute Gasteiger partial charge is 0.330 e. The van der Waals surface area contributed by atoms with Crippen LogP contribution in [0.3, 0.4) is 0 Å². The minimum atomic E-state index is -0.201. The van der Waals surface area contributed by atoms with E-state index in [0.29, 0.717) is 11.3 Å². The first-order chi connectivity index (χ1) is 6.93. The molecule has 0 N–H and O–H groups in total. The lowest BCUT2D eigenvalue weighted by molar-refractivity contribution is -0.147. The Bertz CT molecular complexity index is 253. The van der Waals surface area contributed by atoms with Gasteiger partial charge in [0.05, 0.1) is 0 Å². The van der Waals surface area contributed by atoms with Gasteiger partial charge in [0.15, 0.2) is 0 Å². The minimum Gasteiger partial charge on any atom is -0.459 e. The molecule has 0 aliphatic heterocycles. The third kappa shape index (κ3) is 4.06. The van der Waals surface area contributed by atoms with Gasteiger partial charge in [0.2, 0.25) is 0 Å². The SMILES string of the molecule is C/C=C\C(=O)OC1CC(C)CC(C)(C)C1. The Balaban J connectivity index is 2.52. The highest BCUT2D eigenvalue weighted by Gasteiger charge is 2.33. The van der Waals surface area contributed by atoms with Gasteiger partial charge in [0.1, 0.15) is 6.10 Å². The average Bonchev–Trinajstić information content (AvgIpc) is 1.99. The molecule has 0 radical (unpaired) electrons. The molecule has 0 amide bonds. The van der Waals surface area contributed by atoms with Gasteiger partial charge in [-0.3, -0.25) is 0 Å². The number of rotatable bonds is 2. The fourth-order valence-electron chi connectivity index (χ4n) is 2.69. The summed E-state index contributed by atoms with van der Waals surface area (Å²) >= 11 is 0. The molecule has 2 heteroatoms. The molecule has 0 aromatic heterocycles. The molecule has 2 unspecified atom stereocenters. The molecular weight excluding hydrogens is 188 g/mol. The molecule has 0 aromatic rings. The fraction of sp³-hybridized carbons (Fsp3) is 0.769. The zero-order valence-corrected chi connectivity index (χ0v) is 10.2. The van der Waals surface area contributed by atoms with Gasteiger partial charge in [0.25, 0.3) is 0 Å². The van der Waals surface area contributed by atoms with Crippen LogP contribution in [0.2, 0.25) is 0 Å². The van der Waals surface area contributed by atoms with Crippen molar-refractivity contribution in [2.45, 2.75) is 53.1 Å². The second kappa shape index (κ2) is 4.82. The predicted molar refractivity (Wildman–Crippen MR) is 61.5 cm³/mol. The lowest BCUT2D eigenvalue weighted by atomic mass is 9.71. The average molecular weight is 210 g/mol. The first kappa shape index (κ1) is 12.3. The third-order valence-corrected chi connectivity index (χ3v) is 2.93. The van der Waals surface area contributed by atoms with Crippen molar-refractivity contribution in [1.82, 2.24) is 0 Å². The van der Waals surface area contributed by atoms with E-state index in [2.05, 4.69) is 20.8 Å². The lowest BCUT2D eigenvalue weighted by Gasteiger charge is -2.38. The van der Waals surface area contributed by atoms with Crippen molar-refractivity contribution >= 4 is 5.97 Å². The summed E-state index contributed by atoms with van der Waals surface area (Å²) in [6.45, 7) is 8.56. The third-order valence-electron chi connectivity index (χ3n) is 2.93. The Kier molecular flexibility index (Phi) is 3.95. The van der Waals surface area contributed by atoms with Crippen LogP contribution in [-0.2, 0) is 9.53 Å². The molecule has 2 nitrogen and oxygen atoms in total. The summed E-state index contributed by atoms with van der Waals surface area (Å²) < 4.78 is 5.41. The number of allylic oxidation sites excluding steroid dienone is 1. The molecular formula is C13H22O2. The quantitative estimate of drug-likeness (QED) is 0.516. The van der Waals surface area contributed by atoms with Gasteiger partial charge in [-0.2, -0.15) is 0 Å². The van der Waals surface area contributed by atoms with Gasteiger partial charge in [0, 0.05) is 6.08 Å². The number of hydrogen-bond acceptors (Lipinski definition) is 2. The highest BCUT2D eigenvalue weighted by atomic mass is 16.5. The van der Waals surface area contributed by atoms with Crippen molar-refractivity contribution in [2.75, 3.05) is 0 Å². The largest absolute Gasteiger partial charge is 0.459 e. The number of ether oxygens (including phenoxy) is 1. The molecule has 1 aliphatic carbocycles. The van der Waals surface area contributed by atoms with Crippen molar-refractivity contribution in [1.29, 1.82) is 0 Å². The molecule has 1 rings (SSSR count). The maximum atomic E-state index is 11.3. The molecule has 1 aliphatic rings. The zero-order chi connectivity index (χ0) is 11.5. The van der Waals surface area contributed by atoms with E-state index in [1.165, 1.54) is 12.5 Å². The number of carbonyl (C=O) groups is 1. The molecule has 1 fully saturated rings. The summed E-state index contributed by atoms with van der Waals surface area (Å²) in [7, 11) is 0. The summed E-state index contributed by atoms with van der Waals surface area (Å²) in [5, 5.41) is 0. The standard InChI is InChI=1S/C13H22O2/c1-5-6-12(14)15-11-7-10(2)8-13(3,4)9-11/h5-6,10-11H,7-9H2,1-4H3/b6-5-. The summed E-state index contributed by atoms with van der Waals surface area (Å²) in [4.78, 5) is 11.3. The van der Waals surface area contributed by atoms with Crippen molar-refractivity contribution in [3.8, 4) is 0 Å². The van der Waals surface area contributed by atoms with Gasteiger partial charge >= 0.3 is 5.97 Å². The van der Waals surface area contributed by atoms with Crippen molar-refractivity contribution < 1.29 is 9.53 Å². The van der Waals surface area contributed by atoms with Crippen LogP contribution in [0.25, 0.3) is 0 Å². The molecule has 0 heterocycles. The van der Waals surface area contributed by atoms with Crippen molar-refractivity contribution in [2.24, 2.45) is 11.3 Å². The number of hydrogen-bond donors (Lipinski definition) is 0. The molecule has 2 atom stereocenters. The van der Waals surface area contributed by atoms with E-state index in [1.807, 2.05) is 6.92 Å². The van der Waals surface area contributed by atoms with E-state index in [0.717, 1.165) is 12.8 Å². The van der Waals surface area contributed by atoms with E-state index >= 15 is 0 Å². The summed E-state index contributed by atoms with van der Waals surface area (Å²) in [5.74, 6) is 0.449. The van der Waals surface area contributed by atoms with Crippen LogP contribution in [0, 0.1) is 11.3 Å². The Labute approximate surface area is 92.7 Å². The molecule has 0 spiro atoms. The second-order valence-corrected chi connectivity index (χ2v) is 5.47. The molecule has 0 bridgehead atoms. The van der Waals surface area contributed by atoms with E-state index in [-0.39, 0.29) is 12.1 Å². The lowest BCUT2D eigenvalue weighted by Crippen LogP contribution is -2.33. The van der Waals surface area contributed by atoms with Crippen LogP contribution in [-0.4, -0.2) is 12.1 Å². The van der Waals surface area contributed by atoms with E-state index in [4.69, 9.17) is 4.74 Å². The van der Waals surface area contributed by atoms with Crippen LogP contribution in [0.5, 0.6) is 0 Å². The summed E-state index contributed by atoms with van der Waals surface area (Å²) in [5.41, 5.74) is 0.304.